The third kappa shape index (κ3) is 4.49. The van der Waals surface area contributed by atoms with Crippen LogP contribution in [-0.2, 0) is 16.1 Å². The van der Waals surface area contributed by atoms with Crippen LogP contribution in [0.1, 0.15) is 12.6 Å². The molecule has 0 aromatic carbocycles. The molecule has 116 valence electrons. The summed E-state index contributed by atoms with van der Waals surface area (Å²) in [6, 6.07) is 5.74. The van der Waals surface area contributed by atoms with E-state index in [1.54, 1.807) is 11.1 Å². The number of aromatic nitrogens is 1. The molecular weight excluding hydrogens is 270 g/mol. The summed E-state index contributed by atoms with van der Waals surface area (Å²) in [5.41, 5.74) is 0.932. The highest BCUT2D eigenvalue weighted by Crippen LogP contribution is 2.14. The van der Waals surface area contributed by atoms with Crippen LogP contribution in [0.5, 0.6) is 0 Å². The average Bonchev–Trinajstić information content (AvgIpc) is 2.82. The van der Waals surface area contributed by atoms with E-state index in [4.69, 9.17) is 4.74 Å². The van der Waals surface area contributed by atoms with Crippen molar-refractivity contribution in [2.45, 2.75) is 25.7 Å². The Morgan fingerprint density at radius 3 is 3.00 bits per heavy atom. The fraction of sp³-hybridized carbons (Fsp3) is 0.600. The van der Waals surface area contributed by atoms with Crippen LogP contribution in [0.25, 0.3) is 0 Å². The number of β-amino-alcohol motifs (C(OH)–C–C–N with tert-alkyl or cyclic N) is 1. The number of nitrogens with zero attached hydrogens (tertiary/aromatic N) is 3. The number of carbonyl (C=O) groups excluding carboxylic acids is 1. The molecule has 2 atom stereocenters. The third-order valence-corrected chi connectivity index (χ3v) is 3.53. The average molecular weight is 293 g/mol. The van der Waals surface area contributed by atoms with E-state index >= 15 is 0 Å². The van der Waals surface area contributed by atoms with E-state index < -0.39 is 6.10 Å². The largest absolute Gasteiger partial charge is 0.388 e. The Morgan fingerprint density at radius 1 is 1.52 bits per heavy atom. The highest BCUT2D eigenvalue weighted by Gasteiger charge is 2.34. The highest BCUT2D eigenvalue weighted by atomic mass is 16.5. The van der Waals surface area contributed by atoms with Gasteiger partial charge in [0.15, 0.2) is 0 Å². The van der Waals surface area contributed by atoms with E-state index in [0.717, 1.165) is 5.69 Å². The van der Waals surface area contributed by atoms with Crippen molar-refractivity contribution in [1.29, 1.82) is 0 Å². The van der Waals surface area contributed by atoms with Gasteiger partial charge in [-0.1, -0.05) is 6.07 Å². The van der Waals surface area contributed by atoms with Gasteiger partial charge in [0, 0.05) is 32.4 Å². The molecule has 1 saturated heterocycles. The molecule has 21 heavy (non-hydrogen) atoms. The van der Waals surface area contributed by atoms with Gasteiger partial charge in [-0.2, -0.15) is 0 Å². The minimum absolute atomic E-state index is 0.00897. The summed E-state index contributed by atoms with van der Waals surface area (Å²) in [6.07, 6.45) is 0.893. The second-order valence-electron chi connectivity index (χ2n) is 5.35. The number of pyridine rings is 1. The van der Waals surface area contributed by atoms with Crippen molar-refractivity contribution in [3.8, 4) is 0 Å². The quantitative estimate of drug-likeness (QED) is 0.807. The number of likely N-dealkylation sites (N-methyl/N-ethyl adjacent to an activating group) is 1. The number of hydrogen-bond acceptors (Lipinski definition) is 5. The third-order valence-electron chi connectivity index (χ3n) is 3.53. The molecule has 0 bridgehead atoms. The van der Waals surface area contributed by atoms with Crippen LogP contribution in [0.4, 0.5) is 0 Å². The molecule has 1 N–H and O–H groups in total. The van der Waals surface area contributed by atoms with Crippen LogP contribution in [0.2, 0.25) is 0 Å². The highest BCUT2D eigenvalue weighted by molar-refractivity contribution is 5.78. The fourth-order valence-corrected chi connectivity index (χ4v) is 2.49. The fourth-order valence-electron chi connectivity index (χ4n) is 2.49. The van der Waals surface area contributed by atoms with Gasteiger partial charge in [0.05, 0.1) is 18.3 Å². The first-order valence-corrected chi connectivity index (χ1v) is 7.26. The molecule has 1 aromatic rings. The van der Waals surface area contributed by atoms with E-state index in [2.05, 4.69) is 4.98 Å². The van der Waals surface area contributed by atoms with Gasteiger partial charge >= 0.3 is 0 Å². The second-order valence-corrected chi connectivity index (χ2v) is 5.35. The van der Waals surface area contributed by atoms with Crippen LogP contribution in [0.15, 0.2) is 24.4 Å². The number of aliphatic hydroxyl groups is 1. The lowest BCUT2D eigenvalue weighted by molar-refractivity contribution is -0.131. The van der Waals surface area contributed by atoms with Crippen LogP contribution >= 0.6 is 0 Å². The standard InChI is InChI=1S/C15H23N3O3/c1-3-21-14-10-18(9-13(14)19)15(20)11-17(2)8-12-6-4-5-7-16-12/h4-7,13-14,19H,3,8-11H2,1-2H3/t13-,14-/m1/s1. The summed E-state index contributed by atoms with van der Waals surface area (Å²) >= 11 is 0. The number of aliphatic hydroxyl groups excluding tert-OH is 1. The van der Waals surface area contributed by atoms with Crippen LogP contribution < -0.4 is 0 Å². The monoisotopic (exact) mass is 293 g/mol. The first-order valence-electron chi connectivity index (χ1n) is 7.26. The molecule has 2 heterocycles. The number of rotatable bonds is 6. The van der Waals surface area contributed by atoms with Gasteiger partial charge in [-0.3, -0.25) is 14.7 Å². The Labute approximate surface area is 125 Å². The SMILES string of the molecule is CCO[C@@H]1CN(C(=O)CN(C)Cc2ccccn2)C[C@H]1O. The number of ether oxygens (including phenoxy) is 1. The maximum Gasteiger partial charge on any atom is 0.236 e. The second kappa shape index (κ2) is 7.49. The minimum Gasteiger partial charge on any atom is -0.388 e. The molecule has 0 unspecified atom stereocenters. The summed E-state index contributed by atoms with van der Waals surface area (Å²) < 4.78 is 5.43. The summed E-state index contributed by atoms with van der Waals surface area (Å²) in [6.45, 7) is 4.17. The van der Waals surface area contributed by atoms with Crippen LogP contribution in [-0.4, -0.2) is 71.3 Å². The van der Waals surface area contributed by atoms with E-state index in [9.17, 15) is 9.90 Å². The number of carbonyl (C=O) groups is 1. The van der Waals surface area contributed by atoms with Gasteiger partial charge < -0.3 is 14.7 Å². The lowest BCUT2D eigenvalue weighted by atomic mass is 10.3. The van der Waals surface area contributed by atoms with Gasteiger partial charge in [-0.15, -0.1) is 0 Å². The topological polar surface area (TPSA) is 65.9 Å². The lowest BCUT2D eigenvalue weighted by Gasteiger charge is -2.21. The summed E-state index contributed by atoms with van der Waals surface area (Å²) in [4.78, 5) is 20.1. The smallest absolute Gasteiger partial charge is 0.236 e. The summed E-state index contributed by atoms with van der Waals surface area (Å²) in [5.74, 6) is 0.00897. The van der Waals surface area contributed by atoms with Crippen molar-refractivity contribution in [1.82, 2.24) is 14.8 Å². The molecule has 0 radical (unpaired) electrons. The van der Waals surface area contributed by atoms with Gasteiger partial charge in [0.25, 0.3) is 0 Å². The van der Waals surface area contributed by atoms with E-state index in [1.165, 1.54) is 0 Å². The lowest BCUT2D eigenvalue weighted by Crippen LogP contribution is -2.38. The van der Waals surface area contributed by atoms with Gasteiger partial charge in [0.1, 0.15) is 6.10 Å². The Morgan fingerprint density at radius 2 is 2.33 bits per heavy atom. The number of likely N-dealkylation sites (tertiary alicyclic amines) is 1. The van der Waals surface area contributed by atoms with Crippen molar-refractivity contribution < 1.29 is 14.6 Å². The van der Waals surface area contributed by atoms with E-state index in [1.807, 2.05) is 37.1 Å². The normalized spacial score (nSPS) is 22.0. The van der Waals surface area contributed by atoms with Crippen LogP contribution in [0, 0.1) is 0 Å². The first kappa shape index (κ1) is 15.9. The molecule has 2 rings (SSSR count). The van der Waals surface area contributed by atoms with Gasteiger partial charge in [-0.25, -0.2) is 0 Å². The zero-order valence-corrected chi connectivity index (χ0v) is 12.6. The molecule has 1 aliphatic rings. The predicted octanol–water partition coefficient (Wildman–Crippen LogP) is 0.122. The van der Waals surface area contributed by atoms with Crippen molar-refractivity contribution >= 4 is 5.91 Å². The van der Waals surface area contributed by atoms with E-state index in [0.29, 0.717) is 32.8 Å². The molecule has 1 amide bonds. The molecule has 6 nitrogen and oxygen atoms in total. The molecule has 0 aliphatic carbocycles. The molecule has 0 saturated carbocycles. The molecule has 1 aliphatic heterocycles. The van der Waals surface area contributed by atoms with Crippen LogP contribution in [0.3, 0.4) is 0 Å². The minimum atomic E-state index is -0.588. The molecule has 1 fully saturated rings. The van der Waals surface area contributed by atoms with Crippen molar-refractivity contribution in [3.63, 3.8) is 0 Å². The summed E-state index contributed by atoms with van der Waals surface area (Å²) in [7, 11) is 1.89. The molecular formula is C15H23N3O3. The van der Waals surface area contributed by atoms with Crippen molar-refractivity contribution in [3.05, 3.63) is 30.1 Å². The zero-order chi connectivity index (χ0) is 15.2. The number of hydrogen-bond donors (Lipinski definition) is 1. The Balaban J connectivity index is 1.81. The first-order chi connectivity index (χ1) is 10.1. The molecule has 1 aromatic heterocycles. The molecule has 6 heteroatoms. The summed E-state index contributed by atoms with van der Waals surface area (Å²) in [5, 5.41) is 9.87. The predicted molar refractivity (Wildman–Crippen MR) is 78.6 cm³/mol. The maximum atomic E-state index is 12.2. The van der Waals surface area contributed by atoms with E-state index in [-0.39, 0.29) is 12.0 Å². The maximum absolute atomic E-state index is 12.2. The number of amides is 1. The van der Waals surface area contributed by atoms with Crippen molar-refractivity contribution in [2.24, 2.45) is 0 Å². The Bertz CT molecular complexity index is 455. The molecule has 0 spiro atoms. The Hall–Kier alpha value is -1.50. The Kier molecular flexibility index (Phi) is 5.67. The zero-order valence-electron chi connectivity index (χ0n) is 12.6. The van der Waals surface area contributed by atoms with Gasteiger partial charge in [0.2, 0.25) is 5.91 Å². The van der Waals surface area contributed by atoms with Crippen molar-refractivity contribution in [2.75, 3.05) is 33.3 Å². The van der Waals surface area contributed by atoms with Gasteiger partial charge in [-0.05, 0) is 26.1 Å².